The number of ether oxygens (including phenoxy) is 1. The molecule has 0 aliphatic carbocycles. The first kappa shape index (κ1) is 37.7. The van der Waals surface area contributed by atoms with Gasteiger partial charge in [-0.1, -0.05) is 113 Å². The van der Waals surface area contributed by atoms with Gasteiger partial charge in [-0.3, -0.25) is 0 Å². The molecular formula is C36H60O4SSi2. The molecule has 0 bridgehead atoms. The second-order valence-electron chi connectivity index (χ2n) is 15.3. The minimum absolute atomic E-state index is 0.00747. The zero-order chi connectivity index (χ0) is 33.0. The third kappa shape index (κ3) is 8.83. The van der Waals surface area contributed by atoms with Gasteiger partial charge in [-0.15, -0.1) is 11.3 Å². The number of hydrogen-bond acceptors (Lipinski definition) is 5. The number of rotatable bonds is 13. The van der Waals surface area contributed by atoms with E-state index in [0.29, 0.717) is 25.2 Å². The minimum atomic E-state index is -2.20. The molecule has 4 nitrogen and oxygen atoms in total. The van der Waals surface area contributed by atoms with Gasteiger partial charge in [-0.25, -0.2) is 0 Å². The summed E-state index contributed by atoms with van der Waals surface area (Å²) in [6.07, 6.45) is 8.27. The highest BCUT2D eigenvalue weighted by Crippen LogP contribution is 2.49. The number of allylic oxidation sites excluding steroid dienone is 3. The normalized spacial score (nSPS) is 15.7. The van der Waals surface area contributed by atoms with Crippen molar-refractivity contribution in [1.29, 1.82) is 0 Å². The summed E-state index contributed by atoms with van der Waals surface area (Å²) in [5.74, 6) is 0.710. The lowest BCUT2D eigenvalue weighted by atomic mass is 9.96. The summed E-state index contributed by atoms with van der Waals surface area (Å²) in [7, 11) is -4.36. The Labute approximate surface area is 268 Å². The lowest BCUT2D eigenvalue weighted by Gasteiger charge is -2.44. The standard InChI is InChI=1S/C36H60O4SSi2/c1-14-26(18-17-21-36(39,15-2)16-3)27-22-29(41-25-27)24-40-28-19-20-30(32(37)42(10,11)34(4,5)6)31(23-28)33(38)43(12,13)35(7,8)9/h17-23,25,32-33,37-39H,14-16,24H2,1-13H3/b21-17+,26-18-. The van der Waals surface area contributed by atoms with Gasteiger partial charge in [0, 0.05) is 4.88 Å². The Morgan fingerprint density at radius 2 is 1.40 bits per heavy atom. The Hall–Kier alpha value is -1.49. The van der Waals surface area contributed by atoms with E-state index in [2.05, 4.69) is 92.2 Å². The fraction of sp³-hybridized carbons (Fsp3) is 0.611. The van der Waals surface area contributed by atoms with E-state index in [1.165, 1.54) is 11.1 Å². The maximum absolute atomic E-state index is 11.9. The average Bonchev–Trinajstić information content (AvgIpc) is 3.40. The van der Waals surface area contributed by atoms with E-state index >= 15 is 0 Å². The number of aliphatic hydroxyl groups excluding tert-OH is 2. The zero-order valence-corrected chi connectivity index (χ0v) is 32.1. The van der Waals surface area contributed by atoms with Crippen LogP contribution in [0.25, 0.3) is 5.57 Å². The van der Waals surface area contributed by atoms with Crippen LogP contribution in [0, 0.1) is 0 Å². The van der Waals surface area contributed by atoms with Crippen molar-refractivity contribution in [1.82, 2.24) is 0 Å². The molecule has 43 heavy (non-hydrogen) atoms. The van der Waals surface area contributed by atoms with Gasteiger partial charge < -0.3 is 20.1 Å². The fourth-order valence-corrected chi connectivity index (χ4v) is 9.28. The highest BCUT2D eigenvalue weighted by molar-refractivity contribution is 7.10. The van der Waals surface area contributed by atoms with E-state index in [1.807, 2.05) is 44.2 Å². The molecule has 1 aromatic heterocycles. The van der Waals surface area contributed by atoms with E-state index < -0.39 is 33.2 Å². The quantitative estimate of drug-likeness (QED) is 0.150. The predicted octanol–water partition coefficient (Wildman–Crippen LogP) is 10.4. The lowest BCUT2D eigenvalue weighted by molar-refractivity contribution is 0.0828. The highest BCUT2D eigenvalue weighted by atomic mass is 32.1. The van der Waals surface area contributed by atoms with E-state index in [-0.39, 0.29) is 10.1 Å². The first-order valence-electron chi connectivity index (χ1n) is 16.0. The monoisotopic (exact) mass is 644 g/mol. The fourth-order valence-electron chi connectivity index (χ4n) is 4.75. The molecule has 0 spiro atoms. The Morgan fingerprint density at radius 1 is 0.860 bits per heavy atom. The van der Waals surface area contributed by atoms with Crippen LogP contribution in [0.3, 0.4) is 0 Å². The molecule has 7 heteroatoms. The second kappa shape index (κ2) is 14.3. The van der Waals surface area contributed by atoms with E-state index in [9.17, 15) is 15.3 Å². The molecule has 2 atom stereocenters. The Morgan fingerprint density at radius 3 is 1.88 bits per heavy atom. The molecule has 2 aromatic rings. The van der Waals surface area contributed by atoms with E-state index in [4.69, 9.17) is 4.74 Å². The summed E-state index contributed by atoms with van der Waals surface area (Å²) in [5, 5.41) is 36.4. The zero-order valence-electron chi connectivity index (χ0n) is 29.3. The third-order valence-corrected chi connectivity index (χ3v) is 22.6. The Kier molecular flexibility index (Phi) is 12.5. The molecule has 0 fully saturated rings. The van der Waals surface area contributed by atoms with Crippen LogP contribution in [0.4, 0.5) is 0 Å². The molecular weight excluding hydrogens is 585 g/mol. The van der Waals surface area contributed by atoms with Crippen LogP contribution in [0.1, 0.15) is 115 Å². The van der Waals surface area contributed by atoms with Gasteiger partial charge in [0.25, 0.3) is 0 Å². The van der Waals surface area contributed by atoms with Gasteiger partial charge in [0.15, 0.2) is 0 Å². The summed E-state index contributed by atoms with van der Waals surface area (Å²) in [4.78, 5) is 1.12. The van der Waals surface area contributed by atoms with Crippen LogP contribution in [0.5, 0.6) is 5.75 Å². The van der Waals surface area contributed by atoms with Gasteiger partial charge in [0.2, 0.25) is 0 Å². The predicted molar refractivity (Wildman–Crippen MR) is 192 cm³/mol. The second-order valence-corrected chi connectivity index (χ2v) is 27.3. The third-order valence-electron chi connectivity index (χ3n) is 10.6. The van der Waals surface area contributed by atoms with Gasteiger partial charge in [-0.2, -0.15) is 0 Å². The van der Waals surface area contributed by atoms with E-state index in [1.54, 1.807) is 11.3 Å². The van der Waals surface area contributed by atoms with Crippen molar-refractivity contribution in [3.8, 4) is 5.75 Å². The van der Waals surface area contributed by atoms with Crippen molar-refractivity contribution in [2.45, 2.75) is 142 Å². The maximum atomic E-state index is 11.9. The van der Waals surface area contributed by atoms with Crippen LogP contribution in [-0.2, 0) is 6.61 Å². The topological polar surface area (TPSA) is 69.9 Å². The van der Waals surface area contributed by atoms with Crippen molar-refractivity contribution in [2.24, 2.45) is 0 Å². The SMILES string of the molecule is CC/C(=C/C=C/C(O)(CC)CC)c1csc(COc2ccc(C(O)[Si](C)(C)C(C)(C)C)c(C(O)[Si](C)(C)C(C)(C)C)c2)c1. The van der Waals surface area contributed by atoms with Crippen molar-refractivity contribution in [2.75, 3.05) is 0 Å². The van der Waals surface area contributed by atoms with Gasteiger partial charge >= 0.3 is 0 Å². The Bertz CT molecular complexity index is 1260. The number of hydrogen-bond donors (Lipinski definition) is 3. The smallest absolute Gasteiger partial charge is 0.122 e. The molecule has 1 heterocycles. The summed E-state index contributed by atoms with van der Waals surface area (Å²) in [6, 6.07) is 8.10. The Balaban J connectivity index is 2.40. The molecule has 3 N–H and O–H groups in total. The van der Waals surface area contributed by atoms with Crippen LogP contribution >= 0.6 is 11.3 Å². The molecule has 1 aromatic carbocycles. The largest absolute Gasteiger partial charge is 0.488 e. The van der Waals surface area contributed by atoms with Crippen molar-refractivity contribution < 1.29 is 20.1 Å². The van der Waals surface area contributed by atoms with Gasteiger partial charge in [0.1, 0.15) is 12.4 Å². The molecule has 0 saturated heterocycles. The van der Waals surface area contributed by atoms with E-state index in [0.717, 1.165) is 22.4 Å². The summed E-state index contributed by atoms with van der Waals surface area (Å²) >= 11 is 1.68. The number of thiophene rings is 1. The molecule has 0 aliphatic rings. The summed E-state index contributed by atoms with van der Waals surface area (Å²) < 4.78 is 6.33. The van der Waals surface area contributed by atoms with Crippen LogP contribution < -0.4 is 4.74 Å². The van der Waals surface area contributed by atoms with Crippen LogP contribution in [-0.4, -0.2) is 37.1 Å². The van der Waals surface area contributed by atoms with Crippen LogP contribution in [0.2, 0.25) is 36.3 Å². The van der Waals surface area contributed by atoms with Crippen LogP contribution in [0.15, 0.2) is 47.9 Å². The summed E-state index contributed by atoms with van der Waals surface area (Å²) in [6.45, 7) is 28.8. The minimum Gasteiger partial charge on any atom is -0.488 e. The molecule has 0 amide bonds. The average molecular weight is 645 g/mol. The molecule has 0 saturated carbocycles. The summed E-state index contributed by atoms with van der Waals surface area (Å²) in [5.41, 5.74) is 2.06. The highest BCUT2D eigenvalue weighted by Gasteiger charge is 2.47. The molecule has 0 radical (unpaired) electrons. The lowest BCUT2D eigenvalue weighted by Crippen LogP contribution is -2.47. The molecule has 2 rings (SSSR count). The molecule has 242 valence electrons. The number of aliphatic hydroxyl groups is 3. The molecule has 0 aliphatic heterocycles. The van der Waals surface area contributed by atoms with Gasteiger partial charge in [-0.05, 0) is 75.2 Å². The van der Waals surface area contributed by atoms with Crippen molar-refractivity contribution >= 4 is 33.1 Å². The number of benzene rings is 1. The first-order valence-corrected chi connectivity index (χ1v) is 23.0. The maximum Gasteiger partial charge on any atom is 0.122 e. The first-order chi connectivity index (χ1) is 19.6. The van der Waals surface area contributed by atoms with Crippen molar-refractivity contribution in [3.63, 3.8) is 0 Å². The molecule has 2 unspecified atom stereocenters. The van der Waals surface area contributed by atoms with Gasteiger partial charge in [0.05, 0.1) is 33.2 Å². The van der Waals surface area contributed by atoms with Crippen molar-refractivity contribution in [3.05, 3.63) is 69.4 Å².